The highest BCUT2D eigenvalue weighted by Gasteiger charge is 2.08. The number of rotatable bonds is 2. The fourth-order valence-corrected chi connectivity index (χ4v) is 2.14. The summed E-state index contributed by atoms with van der Waals surface area (Å²) in [5.74, 6) is 0. The molecule has 0 radical (unpaired) electrons. The second-order valence-corrected chi connectivity index (χ2v) is 4.66. The third-order valence-electron chi connectivity index (χ3n) is 2.35. The van der Waals surface area contributed by atoms with Crippen LogP contribution in [-0.2, 0) is 6.42 Å². The van der Waals surface area contributed by atoms with Gasteiger partial charge in [-0.2, -0.15) is 0 Å². The Balaban J connectivity index is 2.33. The molecule has 2 rings (SSSR count). The minimum Gasteiger partial charge on any atom is -0.0827 e. The lowest BCUT2D eigenvalue weighted by molar-refractivity contribution is 1.19. The van der Waals surface area contributed by atoms with E-state index in [-0.39, 0.29) is 0 Å². The van der Waals surface area contributed by atoms with Gasteiger partial charge < -0.3 is 0 Å². The maximum Gasteiger partial charge on any atom is 0.0781 e. The number of hydrogen-bond donors (Lipinski definition) is 0. The van der Waals surface area contributed by atoms with Gasteiger partial charge in [-0.3, -0.25) is 0 Å². The molecule has 82 valence electrons. The van der Waals surface area contributed by atoms with Crippen LogP contribution in [0.2, 0.25) is 15.1 Å². The number of halogens is 3. The van der Waals surface area contributed by atoms with Crippen molar-refractivity contribution in [2.24, 2.45) is 0 Å². The van der Waals surface area contributed by atoms with Crippen molar-refractivity contribution in [3.05, 3.63) is 68.7 Å². The van der Waals surface area contributed by atoms with Crippen LogP contribution < -0.4 is 0 Å². The predicted molar refractivity (Wildman–Crippen MR) is 70.7 cm³/mol. The highest BCUT2D eigenvalue weighted by molar-refractivity contribution is 6.48. The van der Waals surface area contributed by atoms with Crippen molar-refractivity contribution in [1.82, 2.24) is 0 Å². The Morgan fingerprint density at radius 1 is 0.750 bits per heavy atom. The van der Waals surface area contributed by atoms with Gasteiger partial charge in [0, 0.05) is 0 Å². The Morgan fingerprint density at radius 2 is 1.44 bits per heavy atom. The normalized spacial score (nSPS) is 10.4. The molecular formula is C13H9Cl3. The van der Waals surface area contributed by atoms with Crippen LogP contribution in [-0.4, -0.2) is 0 Å². The van der Waals surface area contributed by atoms with E-state index in [0.29, 0.717) is 15.1 Å². The number of hydrogen-bond acceptors (Lipinski definition) is 0. The van der Waals surface area contributed by atoms with Crippen LogP contribution in [0.1, 0.15) is 11.1 Å². The Hall–Kier alpha value is -0.690. The molecule has 2 aromatic carbocycles. The average molecular weight is 272 g/mol. The summed E-state index contributed by atoms with van der Waals surface area (Å²) < 4.78 is 0. The first kappa shape index (κ1) is 11.8. The lowest BCUT2D eigenvalue weighted by Crippen LogP contribution is -1.89. The van der Waals surface area contributed by atoms with Crippen LogP contribution in [0.4, 0.5) is 0 Å². The molecule has 0 unspecified atom stereocenters. The maximum atomic E-state index is 6.13. The lowest BCUT2D eigenvalue weighted by atomic mass is 10.1. The molecule has 0 saturated carbocycles. The van der Waals surface area contributed by atoms with Crippen LogP contribution in [0, 0.1) is 0 Å². The van der Waals surface area contributed by atoms with Crippen LogP contribution in [0.25, 0.3) is 0 Å². The molecule has 0 bridgehead atoms. The highest BCUT2D eigenvalue weighted by atomic mass is 35.5. The zero-order valence-corrected chi connectivity index (χ0v) is 10.7. The van der Waals surface area contributed by atoms with Gasteiger partial charge >= 0.3 is 0 Å². The summed E-state index contributed by atoms with van der Waals surface area (Å²) in [6.07, 6.45) is 0.760. The molecule has 0 saturated heterocycles. The van der Waals surface area contributed by atoms with Gasteiger partial charge in [-0.25, -0.2) is 0 Å². The van der Waals surface area contributed by atoms with Gasteiger partial charge in [0.15, 0.2) is 0 Å². The third-order valence-corrected chi connectivity index (χ3v) is 3.69. The average Bonchev–Trinajstić information content (AvgIpc) is 2.31. The van der Waals surface area contributed by atoms with Crippen molar-refractivity contribution in [1.29, 1.82) is 0 Å². The monoisotopic (exact) mass is 270 g/mol. The minimum atomic E-state index is 0.428. The summed E-state index contributed by atoms with van der Waals surface area (Å²) in [6, 6.07) is 13.8. The van der Waals surface area contributed by atoms with Crippen LogP contribution in [0.3, 0.4) is 0 Å². The quantitative estimate of drug-likeness (QED) is 0.655. The smallest absolute Gasteiger partial charge is 0.0781 e. The van der Waals surface area contributed by atoms with Crippen LogP contribution >= 0.6 is 34.8 Å². The second-order valence-electron chi connectivity index (χ2n) is 3.50. The molecule has 0 heterocycles. The fraction of sp³-hybridized carbons (Fsp3) is 0.0769. The molecule has 0 N–H and O–H groups in total. The van der Waals surface area contributed by atoms with Crippen LogP contribution in [0.5, 0.6) is 0 Å². The molecule has 0 spiro atoms. The minimum absolute atomic E-state index is 0.428. The number of benzene rings is 2. The standard InChI is InChI=1S/C13H9Cl3/c14-11-7-6-10(12(15)13(11)16)8-9-4-2-1-3-5-9/h1-7H,8H2. The van der Waals surface area contributed by atoms with Gasteiger partial charge in [0.2, 0.25) is 0 Å². The first-order chi connectivity index (χ1) is 7.68. The molecule has 0 nitrogen and oxygen atoms in total. The van der Waals surface area contributed by atoms with Crippen LogP contribution in [0.15, 0.2) is 42.5 Å². The Morgan fingerprint density at radius 3 is 2.12 bits per heavy atom. The van der Waals surface area contributed by atoms with Gasteiger partial charge in [0.1, 0.15) is 0 Å². The highest BCUT2D eigenvalue weighted by Crippen LogP contribution is 2.33. The zero-order chi connectivity index (χ0) is 11.5. The van der Waals surface area contributed by atoms with E-state index in [1.165, 1.54) is 5.56 Å². The molecule has 2 aromatic rings. The van der Waals surface area contributed by atoms with Gasteiger partial charge in [0.05, 0.1) is 15.1 Å². The molecule has 0 fully saturated rings. The van der Waals surface area contributed by atoms with E-state index in [4.69, 9.17) is 34.8 Å². The summed E-state index contributed by atoms with van der Waals surface area (Å²) in [4.78, 5) is 0. The zero-order valence-electron chi connectivity index (χ0n) is 8.38. The summed E-state index contributed by atoms with van der Waals surface area (Å²) in [5.41, 5.74) is 2.19. The van der Waals surface area contributed by atoms with E-state index in [2.05, 4.69) is 12.1 Å². The molecular weight excluding hydrogens is 263 g/mol. The largest absolute Gasteiger partial charge is 0.0827 e. The molecule has 0 aliphatic heterocycles. The summed E-state index contributed by atoms with van der Waals surface area (Å²) in [5, 5.41) is 1.46. The molecule has 0 atom stereocenters. The fourth-order valence-electron chi connectivity index (χ4n) is 1.52. The van der Waals surface area contributed by atoms with E-state index in [1.807, 2.05) is 24.3 Å². The molecule has 0 aliphatic carbocycles. The summed E-state index contributed by atoms with van der Waals surface area (Å²) in [6.45, 7) is 0. The molecule has 3 heteroatoms. The van der Waals surface area contributed by atoms with Crippen molar-refractivity contribution >= 4 is 34.8 Å². The van der Waals surface area contributed by atoms with Gasteiger partial charge in [-0.15, -0.1) is 0 Å². The Bertz CT molecular complexity index is 492. The van der Waals surface area contributed by atoms with Crippen molar-refractivity contribution < 1.29 is 0 Å². The van der Waals surface area contributed by atoms with Gasteiger partial charge in [-0.1, -0.05) is 71.2 Å². The van der Waals surface area contributed by atoms with E-state index in [1.54, 1.807) is 6.07 Å². The topological polar surface area (TPSA) is 0 Å². The molecule has 0 aliphatic rings. The van der Waals surface area contributed by atoms with E-state index >= 15 is 0 Å². The Kier molecular flexibility index (Phi) is 3.75. The van der Waals surface area contributed by atoms with Gasteiger partial charge in [0.25, 0.3) is 0 Å². The first-order valence-electron chi connectivity index (χ1n) is 4.85. The third kappa shape index (κ3) is 2.52. The summed E-state index contributed by atoms with van der Waals surface area (Å²) in [7, 11) is 0. The van der Waals surface area contributed by atoms with E-state index < -0.39 is 0 Å². The van der Waals surface area contributed by atoms with Crippen molar-refractivity contribution in [2.45, 2.75) is 6.42 Å². The summed E-state index contributed by atoms with van der Waals surface area (Å²) >= 11 is 18.0. The first-order valence-corrected chi connectivity index (χ1v) is 5.98. The lowest BCUT2D eigenvalue weighted by Gasteiger charge is -2.07. The van der Waals surface area contributed by atoms with Crippen molar-refractivity contribution in [2.75, 3.05) is 0 Å². The molecule has 0 amide bonds. The van der Waals surface area contributed by atoms with Gasteiger partial charge in [-0.05, 0) is 23.6 Å². The SMILES string of the molecule is Clc1ccc(Cc2ccccc2)c(Cl)c1Cl. The second kappa shape index (κ2) is 5.09. The predicted octanol–water partition coefficient (Wildman–Crippen LogP) is 5.24. The molecule has 0 aromatic heterocycles. The van der Waals surface area contributed by atoms with E-state index in [0.717, 1.165) is 12.0 Å². The van der Waals surface area contributed by atoms with Crippen molar-refractivity contribution in [3.63, 3.8) is 0 Å². The maximum absolute atomic E-state index is 6.13. The van der Waals surface area contributed by atoms with Crippen molar-refractivity contribution in [3.8, 4) is 0 Å². The van der Waals surface area contributed by atoms with E-state index in [9.17, 15) is 0 Å². The Labute approximate surface area is 110 Å². The molecule has 16 heavy (non-hydrogen) atoms.